The van der Waals surface area contributed by atoms with Gasteiger partial charge in [-0.1, -0.05) is 0 Å². The number of pyridine rings is 2. The Hall–Kier alpha value is -2.36. The maximum absolute atomic E-state index is 5.63. The van der Waals surface area contributed by atoms with Crippen molar-refractivity contribution < 1.29 is 0 Å². The van der Waals surface area contributed by atoms with Crippen molar-refractivity contribution in [1.29, 1.82) is 0 Å². The number of nitrogens with zero attached hydrogens (tertiary/aromatic N) is 2. The first-order valence-corrected chi connectivity index (χ1v) is 4.98. The Morgan fingerprint density at radius 3 is 2.69 bits per heavy atom. The number of hydrogen-bond donors (Lipinski definition) is 2. The van der Waals surface area contributed by atoms with Crippen LogP contribution in [-0.4, -0.2) is 15.0 Å². The standard InChI is InChI=1S/C12H10N4/c13-11-2-1-9-10(7-15-12(9)16-11)8-3-5-14-6-4-8/h1-7H,(H3,13,15,16). The number of aromatic amines is 1. The summed E-state index contributed by atoms with van der Waals surface area (Å²) in [5.74, 6) is 0.524. The lowest BCUT2D eigenvalue weighted by atomic mass is 10.1. The molecule has 0 radical (unpaired) electrons. The first-order chi connectivity index (χ1) is 7.84. The molecule has 78 valence electrons. The van der Waals surface area contributed by atoms with E-state index in [4.69, 9.17) is 5.73 Å². The largest absolute Gasteiger partial charge is 0.384 e. The van der Waals surface area contributed by atoms with Crippen molar-refractivity contribution in [3.63, 3.8) is 0 Å². The summed E-state index contributed by atoms with van der Waals surface area (Å²) in [7, 11) is 0. The number of hydrogen-bond acceptors (Lipinski definition) is 3. The number of nitrogens with one attached hydrogen (secondary N) is 1. The van der Waals surface area contributed by atoms with Crippen molar-refractivity contribution in [2.24, 2.45) is 0 Å². The molecule has 0 saturated carbocycles. The van der Waals surface area contributed by atoms with Gasteiger partial charge in [0, 0.05) is 29.5 Å². The molecule has 4 heteroatoms. The van der Waals surface area contributed by atoms with Crippen molar-refractivity contribution in [2.75, 3.05) is 5.73 Å². The molecule has 3 heterocycles. The predicted molar refractivity (Wildman–Crippen MR) is 63.7 cm³/mol. The summed E-state index contributed by atoms with van der Waals surface area (Å²) in [5, 5.41) is 1.07. The Balaban J connectivity index is 2.26. The second-order valence-electron chi connectivity index (χ2n) is 3.57. The molecule has 3 N–H and O–H groups in total. The number of fused-ring (bicyclic) bond motifs is 1. The Bertz CT molecular complexity index is 628. The topological polar surface area (TPSA) is 67.6 Å². The zero-order chi connectivity index (χ0) is 11.0. The van der Waals surface area contributed by atoms with Crippen LogP contribution in [0.2, 0.25) is 0 Å². The summed E-state index contributed by atoms with van der Waals surface area (Å²) in [4.78, 5) is 11.3. The van der Waals surface area contributed by atoms with Gasteiger partial charge in [-0.25, -0.2) is 4.98 Å². The van der Waals surface area contributed by atoms with Crippen molar-refractivity contribution >= 4 is 16.9 Å². The first-order valence-electron chi connectivity index (χ1n) is 4.98. The van der Waals surface area contributed by atoms with Crippen LogP contribution in [-0.2, 0) is 0 Å². The van der Waals surface area contributed by atoms with Crippen LogP contribution in [0.3, 0.4) is 0 Å². The lowest BCUT2D eigenvalue weighted by molar-refractivity contribution is 1.32. The predicted octanol–water partition coefficient (Wildman–Crippen LogP) is 2.21. The zero-order valence-corrected chi connectivity index (χ0v) is 8.51. The van der Waals surface area contributed by atoms with E-state index in [1.54, 1.807) is 18.5 Å². The Labute approximate surface area is 92.2 Å². The summed E-state index contributed by atoms with van der Waals surface area (Å²) < 4.78 is 0. The van der Waals surface area contributed by atoms with Gasteiger partial charge >= 0.3 is 0 Å². The number of aromatic nitrogens is 3. The van der Waals surface area contributed by atoms with Crippen LogP contribution in [0.5, 0.6) is 0 Å². The molecule has 0 atom stereocenters. The van der Waals surface area contributed by atoms with Crippen molar-refractivity contribution in [3.05, 3.63) is 42.9 Å². The Kier molecular flexibility index (Phi) is 1.86. The highest BCUT2D eigenvalue weighted by Gasteiger charge is 2.06. The highest BCUT2D eigenvalue weighted by molar-refractivity contribution is 5.94. The fourth-order valence-electron chi connectivity index (χ4n) is 1.79. The van der Waals surface area contributed by atoms with Crippen LogP contribution in [0.15, 0.2) is 42.9 Å². The number of nitrogens with two attached hydrogens (primary N) is 1. The molecular weight excluding hydrogens is 200 g/mol. The average molecular weight is 210 g/mol. The smallest absolute Gasteiger partial charge is 0.140 e. The second-order valence-corrected chi connectivity index (χ2v) is 3.57. The first kappa shape index (κ1) is 8.91. The highest BCUT2D eigenvalue weighted by atomic mass is 14.9. The molecule has 3 rings (SSSR count). The molecule has 0 aliphatic rings. The van der Waals surface area contributed by atoms with E-state index in [0.717, 1.165) is 22.2 Å². The molecule has 0 amide bonds. The van der Waals surface area contributed by atoms with Crippen LogP contribution in [0.4, 0.5) is 5.82 Å². The molecule has 0 fully saturated rings. The molecule has 0 bridgehead atoms. The molecule has 3 aromatic rings. The summed E-state index contributed by atoms with van der Waals surface area (Å²) in [5.41, 5.74) is 8.68. The van der Waals surface area contributed by atoms with Crippen molar-refractivity contribution in [2.45, 2.75) is 0 Å². The number of rotatable bonds is 1. The molecule has 0 aliphatic heterocycles. The summed E-state index contributed by atoms with van der Waals surface area (Å²) in [6, 6.07) is 7.72. The summed E-state index contributed by atoms with van der Waals surface area (Å²) in [6.07, 6.45) is 5.49. The minimum atomic E-state index is 0.524. The molecule has 0 saturated heterocycles. The van der Waals surface area contributed by atoms with Gasteiger partial charge in [0.2, 0.25) is 0 Å². The number of anilines is 1. The van der Waals surface area contributed by atoms with Crippen LogP contribution < -0.4 is 5.73 Å². The molecule has 3 aromatic heterocycles. The zero-order valence-electron chi connectivity index (χ0n) is 8.51. The molecular formula is C12H10N4. The van der Waals surface area contributed by atoms with Gasteiger partial charge in [0.15, 0.2) is 0 Å². The number of nitrogen functional groups attached to an aromatic ring is 1. The third-order valence-corrected chi connectivity index (χ3v) is 2.55. The molecule has 0 aliphatic carbocycles. The van der Waals surface area contributed by atoms with Gasteiger partial charge in [0.25, 0.3) is 0 Å². The van der Waals surface area contributed by atoms with E-state index < -0.39 is 0 Å². The highest BCUT2D eigenvalue weighted by Crippen LogP contribution is 2.27. The van der Waals surface area contributed by atoms with Gasteiger partial charge in [-0.15, -0.1) is 0 Å². The lowest BCUT2D eigenvalue weighted by Gasteiger charge is -1.98. The molecule has 4 nitrogen and oxygen atoms in total. The third kappa shape index (κ3) is 1.32. The van der Waals surface area contributed by atoms with Gasteiger partial charge in [-0.2, -0.15) is 0 Å². The minimum absolute atomic E-state index is 0.524. The second kappa shape index (κ2) is 3.34. The lowest BCUT2D eigenvalue weighted by Crippen LogP contribution is -1.88. The average Bonchev–Trinajstić information content (AvgIpc) is 2.73. The van der Waals surface area contributed by atoms with E-state index in [1.165, 1.54) is 0 Å². The molecule has 0 unspecified atom stereocenters. The van der Waals surface area contributed by atoms with E-state index >= 15 is 0 Å². The van der Waals surface area contributed by atoms with Gasteiger partial charge in [-0.3, -0.25) is 4.98 Å². The monoisotopic (exact) mass is 210 g/mol. The Morgan fingerprint density at radius 2 is 1.88 bits per heavy atom. The fraction of sp³-hybridized carbons (Fsp3) is 0. The van der Waals surface area contributed by atoms with Crippen molar-refractivity contribution in [3.8, 4) is 11.1 Å². The summed E-state index contributed by atoms with van der Waals surface area (Å²) in [6.45, 7) is 0. The van der Waals surface area contributed by atoms with Gasteiger partial charge in [0.1, 0.15) is 11.5 Å². The Morgan fingerprint density at radius 1 is 1.06 bits per heavy atom. The molecule has 0 spiro atoms. The van der Waals surface area contributed by atoms with Crippen LogP contribution >= 0.6 is 0 Å². The maximum atomic E-state index is 5.63. The van der Waals surface area contributed by atoms with E-state index in [1.807, 2.05) is 24.4 Å². The normalized spacial score (nSPS) is 10.8. The third-order valence-electron chi connectivity index (χ3n) is 2.55. The van der Waals surface area contributed by atoms with Gasteiger partial charge in [0.05, 0.1) is 0 Å². The molecule has 0 aromatic carbocycles. The van der Waals surface area contributed by atoms with Gasteiger partial charge < -0.3 is 10.7 Å². The SMILES string of the molecule is Nc1ccc2c(-c3ccncc3)c[nH]c2n1. The van der Waals surface area contributed by atoms with Gasteiger partial charge in [-0.05, 0) is 29.8 Å². The van der Waals surface area contributed by atoms with E-state index in [9.17, 15) is 0 Å². The maximum Gasteiger partial charge on any atom is 0.140 e. The van der Waals surface area contributed by atoms with E-state index in [0.29, 0.717) is 5.82 Å². The van der Waals surface area contributed by atoms with E-state index in [2.05, 4.69) is 15.0 Å². The summed E-state index contributed by atoms with van der Waals surface area (Å²) >= 11 is 0. The fourth-order valence-corrected chi connectivity index (χ4v) is 1.79. The quantitative estimate of drug-likeness (QED) is 0.647. The van der Waals surface area contributed by atoms with Crippen LogP contribution in [0.25, 0.3) is 22.2 Å². The van der Waals surface area contributed by atoms with Crippen LogP contribution in [0.1, 0.15) is 0 Å². The number of H-pyrrole nitrogens is 1. The van der Waals surface area contributed by atoms with Crippen LogP contribution in [0, 0.1) is 0 Å². The van der Waals surface area contributed by atoms with Crippen molar-refractivity contribution in [1.82, 2.24) is 15.0 Å². The minimum Gasteiger partial charge on any atom is -0.384 e. The van der Waals surface area contributed by atoms with E-state index in [-0.39, 0.29) is 0 Å². The molecule has 16 heavy (non-hydrogen) atoms.